The predicted octanol–water partition coefficient (Wildman–Crippen LogP) is 2.31. The summed E-state index contributed by atoms with van der Waals surface area (Å²) in [6.07, 6.45) is 7.43. The molecule has 1 aliphatic carbocycles. The molecule has 0 aromatic carbocycles. The molecule has 0 aromatic heterocycles. The second kappa shape index (κ2) is 9.40. The van der Waals surface area contributed by atoms with Crippen molar-refractivity contribution in [2.75, 3.05) is 19.6 Å². The smallest absolute Gasteiger partial charge is 0.243 e. The van der Waals surface area contributed by atoms with Gasteiger partial charge in [0.15, 0.2) is 0 Å². The lowest BCUT2D eigenvalue weighted by molar-refractivity contribution is -0.133. The van der Waals surface area contributed by atoms with E-state index in [2.05, 4.69) is 22.5 Å². The van der Waals surface area contributed by atoms with Gasteiger partial charge in [0.1, 0.15) is 6.04 Å². The van der Waals surface area contributed by atoms with Gasteiger partial charge < -0.3 is 15.5 Å². The molecule has 0 spiro atoms. The van der Waals surface area contributed by atoms with Gasteiger partial charge >= 0.3 is 0 Å². The Labute approximate surface area is 146 Å². The van der Waals surface area contributed by atoms with Crippen molar-refractivity contribution in [2.45, 2.75) is 77.8 Å². The summed E-state index contributed by atoms with van der Waals surface area (Å²) in [6.45, 7) is 9.35. The minimum atomic E-state index is -0.413. The van der Waals surface area contributed by atoms with Crippen molar-refractivity contribution < 1.29 is 9.59 Å². The van der Waals surface area contributed by atoms with Crippen molar-refractivity contribution in [1.82, 2.24) is 15.5 Å². The number of likely N-dealkylation sites (tertiary alicyclic amines) is 1. The molecule has 0 aromatic rings. The molecule has 2 amide bonds. The van der Waals surface area contributed by atoms with E-state index in [0.717, 1.165) is 58.2 Å². The molecule has 0 unspecified atom stereocenters. The van der Waals surface area contributed by atoms with Crippen molar-refractivity contribution >= 4 is 11.8 Å². The van der Waals surface area contributed by atoms with Crippen LogP contribution in [0.3, 0.4) is 0 Å². The van der Waals surface area contributed by atoms with E-state index in [1.165, 1.54) is 6.42 Å². The zero-order chi connectivity index (χ0) is 17.5. The van der Waals surface area contributed by atoms with Gasteiger partial charge in [0, 0.05) is 25.0 Å². The minimum Gasteiger partial charge on any atom is -0.351 e. The Kier molecular flexibility index (Phi) is 7.53. The first-order chi connectivity index (χ1) is 11.5. The van der Waals surface area contributed by atoms with Gasteiger partial charge in [-0.3, -0.25) is 9.59 Å². The number of hydrogen-bond donors (Lipinski definition) is 2. The Morgan fingerprint density at radius 2 is 1.67 bits per heavy atom. The van der Waals surface area contributed by atoms with Gasteiger partial charge in [-0.2, -0.15) is 0 Å². The molecule has 24 heavy (non-hydrogen) atoms. The molecule has 5 nitrogen and oxygen atoms in total. The second-order valence-electron chi connectivity index (χ2n) is 7.78. The molecule has 1 heterocycles. The van der Waals surface area contributed by atoms with Gasteiger partial charge in [-0.05, 0) is 38.1 Å². The molecule has 138 valence electrons. The highest BCUT2D eigenvalue weighted by Gasteiger charge is 2.30. The Hall–Kier alpha value is -1.10. The summed E-state index contributed by atoms with van der Waals surface area (Å²) in [5.41, 5.74) is 0. The summed E-state index contributed by atoms with van der Waals surface area (Å²) in [6, 6.07) is -0.170. The highest BCUT2D eigenvalue weighted by atomic mass is 16.2. The fraction of sp³-hybridized carbons (Fsp3) is 0.895. The number of amides is 2. The summed E-state index contributed by atoms with van der Waals surface area (Å²) in [5.74, 6) is 0.266. The summed E-state index contributed by atoms with van der Waals surface area (Å²) in [4.78, 5) is 27.6. The largest absolute Gasteiger partial charge is 0.351 e. The highest BCUT2D eigenvalue weighted by Crippen LogP contribution is 2.24. The number of hydrogen-bond acceptors (Lipinski definition) is 3. The molecule has 1 saturated heterocycles. The summed E-state index contributed by atoms with van der Waals surface area (Å²) >= 11 is 0. The molecular weight excluding hydrogens is 302 g/mol. The molecule has 2 N–H and O–H groups in total. The predicted molar refractivity (Wildman–Crippen MR) is 96.6 cm³/mol. The van der Waals surface area contributed by atoms with Crippen LogP contribution in [0.2, 0.25) is 0 Å². The van der Waals surface area contributed by atoms with Gasteiger partial charge in [0.2, 0.25) is 11.8 Å². The average molecular weight is 338 g/mol. The normalized spacial score (nSPS) is 22.3. The van der Waals surface area contributed by atoms with Crippen LogP contribution < -0.4 is 10.6 Å². The number of rotatable bonds is 6. The van der Waals surface area contributed by atoms with Crippen LogP contribution in [0.5, 0.6) is 0 Å². The maximum absolute atomic E-state index is 12.7. The van der Waals surface area contributed by atoms with Crippen molar-refractivity contribution in [3.63, 3.8) is 0 Å². The molecule has 0 radical (unpaired) electrons. The van der Waals surface area contributed by atoms with Crippen LogP contribution >= 0.6 is 0 Å². The third-order valence-electron chi connectivity index (χ3n) is 5.60. The molecule has 2 fully saturated rings. The monoisotopic (exact) mass is 337 g/mol. The lowest BCUT2D eigenvalue weighted by Gasteiger charge is -2.33. The van der Waals surface area contributed by atoms with E-state index in [4.69, 9.17) is 0 Å². The second-order valence-corrected chi connectivity index (χ2v) is 7.78. The van der Waals surface area contributed by atoms with E-state index < -0.39 is 6.04 Å². The molecule has 1 aliphatic heterocycles. The van der Waals surface area contributed by atoms with Gasteiger partial charge in [-0.1, -0.05) is 40.0 Å². The van der Waals surface area contributed by atoms with Gasteiger partial charge in [-0.15, -0.1) is 0 Å². The van der Waals surface area contributed by atoms with Crippen molar-refractivity contribution in [3.05, 3.63) is 0 Å². The quantitative estimate of drug-likeness (QED) is 0.782. The van der Waals surface area contributed by atoms with Crippen LogP contribution in [0.25, 0.3) is 0 Å². The van der Waals surface area contributed by atoms with Crippen LogP contribution in [0, 0.1) is 11.8 Å². The standard InChI is InChI=1S/C19H35N3O2/c1-4-22-12-10-16(11-13-22)20-19(24)17(14(2)3)21-18(23)15-8-6-5-7-9-15/h14-17H,4-13H2,1-3H3,(H,20,24)(H,21,23)/t17-/m0/s1. The first-order valence-electron chi connectivity index (χ1n) is 9.84. The average Bonchev–Trinajstić information content (AvgIpc) is 2.60. The molecule has 1 atom stereocenters. The number of nitrogens with one attached hydrogen (secondary N) is 2. The van der Waals surface area contributed by atoms with E-state index in [1.54, 1.807) is 0 Å². The third kappa shape index (κ3) is 5.47. The molecule has 1 saturated carbocycles. The van der Waals surface area contributed by atoms with Crippen LogP contribution in [-0.2, 0) is 9.59 Å². The number of carbonyl (C=O) groups excluding carboxylic acids is 2. The van der Waals surface area contributed by atoms with Gasteiger partial charge in [0.25, 0.3) is 0 Å². The maximum Gasteiger partial charge on any atom is 0.243 e. The van der Waals surface area contributed by atoms with Crippen LogP contribution in [-0.4, -0.2) is 48.4 Å². The van der Waals surface area contributed by atoms with Gasteiger partial charge in [-0.25, -0.2) is 0 Å². The van der Waals surface area contributed by atoms with E-state index in [1.807, 2.05) is 13.8 Å². The first kappa shape index (κ1) is 19.2. The number of nitrogens with zero attached hydrogens (tertiary/aromatic N) is 1. The topological polar surface area (TPSA) is 61.4 Å². The summed E-state index contributed by atoms with van der Waals surface area (Å²) < 4.78 is 0. The number of carbonyl (C=O) groups is 2. The fourth-order valence-corrected chi connectivity index (χ4v) is 3.86. The Morgan fingerprint density at radius 1 is 1.04 bits per heavy atom. The molecule has 2 rings (SSSR count). The first-order valence-corrected chi connectivity index (χ1v) is 9.84. The molecule has 5 heteroatoms. The molecular formula is C19H35N3O2. The van der Waals surface area contributed by atoms with Gasteiger partial charge in [0.05, 0.1) is 0 Å². The molecule has 2 aliphatic rings. The highest BCUT2D eigenvalue weighted by molar-refractivity contribution is 5.88. The fourth-order valence-electron chi connectivity index (χ4n) is 3.86. The SMILES string of the molecule is CCN1CCC(NC(=O)[C@@H](NC(=O)C2CCCCC2)C(C)C)CC1. The zero-order valence-electron chi connectivity index (χ0n) is 15.6. The van der Waals surface area contributed by atoms with Crippen LogP contribution in [0.4, 0.5) is 0 Å². The zero-order valence-corrected chi connectivity index (χ0v) is 15.6. The van der Waals surface area contributed by atoms with E-state index >= 15 is 0 Å². The molecule has 0 bridgehead atoms. The minimum absolute atomic E-state index is 0.0101. The summed E-state index contributed by atoms with van der Waals surface area (Å²) in [7, 11) is 0. The Morgan fingerprint density at radius 3 is 2.21 bits per heavy atom. The van der Waals surface area contributed by atoms with E-state index in [9.17, 15) is 9.59 Å². The Bertz CT molecular complexity index is 411. The van der Waals surface area contributed by atoms with Crippen molar-refractivity contribution in [3.8, 4) is 0 Å². The van der Waals surface area contributed by atoms with E-state index in [-0.39, 0.29) is 29.7 Å². The Balaban J connectivity index is 1.84. The lowest BCUT2D eigenvalue weighted by atomic mass is 9.88. The lowest BCUT2D eigenvalue weighted by Crippen LogP contribution is -2.54. The van der Waals surface area contributed by atoms with Crippen LogP contribution in [0.15, 0.2) is 0 Å². The van der Waals surface area contributed by atoms with Crippen LogP contribution in [0.1, 0.15) is 65.7 Å². The third-order valence-corrected chi connectivity index (χ3v) is 5.60. The number of piperidine rings is 1. The maximum atomic E-state index is 12.7. The van der Waals surface area contributed by atoms with E-state index in [0.29, 0.717) is 0 Å². The van der Waals surface area contributed by atoms with Crippen molar-refractivity contribution in [1.29, 1.82) is 0 Å². The summed E-state index contributed by atoms with van der Waals surface area (Å²) in [5, 5.41) is 6.21. The van der Waals surface area contributed by atoms with Crippen molar-refractivity contribution in [2.24, 2.45) is 11.8 Å².